The topological polar surface area (TPSA) is 110 Å². The average Bonchev–Trinajstić information content (AvgIpc) is 3.26. The van der Waals surface area contributed by atoms with Gasteiger partial charge < -0.3 is 29.6 Å². The molecule has 0 radical (unpaired) electrons. The number of aromatic amines is 1. The summed E-state index contributed by atoms with van der Waals surface area (Å²) < 4.78 is 17.4. The second-order valence-corrected chi connectivity index (χ2v) is 9.68. The number of H-pyrrole nitrogens is 1. The molecule has 1 aliphatic rings. The molecule has 1 aliphatic carbocycles. The normalized spacial score (nSPS) is 13.6. The number of para-hydroxylation sites is 1. The first-order chi connectivity index (χ1) is 18.5. The second-order valence-electron chi connectivity index (χ2n) is 9.68. The van der Waals surface area contributed by atoms with Crippen LogP contribution < -0.4 is 14.8 Å². The molecule has 0 unspecified atom stereocenters. The lowest BCUT2D eigenvalue weighted by Crippen LogP contribution is -2.36. The number of carboxylic acids is 1. The Morgan fingerprint density at radius 3 is 2.50 bits per heavy atom. The molecule has 1 amide bonds. The van der Waals surface area contributed by atoms with Gasteiger partial charge in [-0.1, -0.05) is 43.5 Å². The summed E-state index contributed by atoms with van der Waals surface area (Å²) in [5.41, 5.74) is 3.69. The molecule has 38 heavy (non-hydrogen) atoms. The van der Waals surface area contributed by atoms with E-state index in [0.717, 1.165) is 53.8 Å². The van der Waals surface area contributed by atoms with Crippen molar-refractivity contribution in [2.75, 3.05) is 6.61 Å². The summed E-state index contributed by atoms with van der Waals surface area (Å²) in [5, 5.41) is 12.1. The van der Waals surface area contributed by atoms with Crippen LogP contribution in [0.5, 0.6) is 17.4 Å². The lowest BCUT2D eigenvalue weighted by molar-refractivity contribution is -0.136. The zero-order chi connectivity index (χ0) is 26.7. The largest absolute Gasteiger partial charge is 0.493 e. The summed E-state index contributed by atoms with van der Waals surface area (Å²) in [6, 6.07) is 17.3. The van der Waals surface area contributed by atoms with Crippen LogP contribution in [0.15, 0.2) is 54.6 Å². The van der Waals surface area contributed by atoms with Gasteiger partial charge in [-0.3, -0.25) is 4.79 Å². The Bertz CT molecular complexity index is 1200. The summed E-state index contributed by atoms with van der Waals surface area (Å²) in [7, 11) is 0. The molecule has 3 aromatic rings. The van der Waals surface area contributed by atoms with Crippen molar-refractivity contribution >= 4 is 12.1 Å². The van der Waals surface area contributed by atoms with Crippen molar-refractivity contribution in [1.82, 2.24) is 10.3 Å². The maximum Gasteiger partial charge on any atom is 0.407 e. The molecule has 1 heterocycles. The molecule has 202 valence electrons. The van der Waals surface area contributed by atoms with E-state index in [1.54, 1.807) is 0 Å². The Balaban J connectivity index is 1.33. The van der Waals surface area contributed by atoms with Crippen molar-refractivity contribution in [2.45, 2.75) is 70.9 Å². The third-order valence-corrected chi connectivity index (χ3v) is 6.78. The number of ether oxygens (including phenoxy) is 3. The van der Waals surface area contributed by atoms with Gasteiger partial charge >= 0.3 is 12.1 Å². The molecule has 1 saturated carbocycles. The maximum atomic E-state index is 12.4. The van der Waals surface area contributed by atoms with E-state index in [4.69, 9.17) is 19.3 Å². The van der Waals surface area contributed by atoms with Crippen LogP contribution in [0.1, 0.15) is 60.9 Å². The van der Waals surface area contributed by atoms with Crippen molar-refractivity contribution in [1.29, 1.82) is 0 Å². The van der Waals surface area contributed by atoms with Gasteiger partial charge in [0.25, 0.3) is 0 Å². The van der Waals surface area contributed by atoms with E-state index >= 15 is 0 Å². The quantitative estimate of drug-likeness (QED) is 0.258. The smallest absolute Gasteiger partial charge is 0.407 e. The summed E-state index contributed by atoms with van der Waals surface area (Å²) in [6.07, 6.45) is 5.98. The fourth-order valence-electron chi connectivity index (χ4n) is 4.69. The number of alkyl carbamates (subject to hydrolysis) is 1. The summed E-state index contributed by atoms with van der Waals surface area (Å²) >= 11 is 0. The number of aryl methyl sites for hydroxylation is 2. The monoisotopic (exact) mass is 520 g/mol. The standard InChI is InChI=1S/C30H36N2O6/c1-21-23(19-28(31-21)38-26-10-6-3-7-11-26)16-17-36-27-14-12-22(13-15-29(33)34)24(18-27)20-37-30(35)32-25-8-4-2-5-9-25/h3,6-7,10-12,14,18-19,25,31H,2,4-5,8-9,13,15-17,20H2,1H3,(H,32,35)(H,33,34). The van der Waals surface area contributed by atoms with Crippen molar-refractivity contribution < 1.29 is 28.9 Å². The van der Waals surface area contributed by atoms with E-state index in [1.165, 1.54) is 6.42 Å². The Morgan fingerprint density at radius 2 is 1.74 bits per heavy atom. The van der Waals surface area contributed by atoms with Gasteiger partial charge in [-0.05, 0) is 67.1 Å². The van der Waals surface area contributed by atoms with Gasteiger partial charge in [0.15, 0.2) is 5.88 Å². The number of benzene rings is 2. The molecular formula is C30H36N2O6. The highest BCUT2D eigenvalue weighted by Crippen LogP contribution is 2.25. The third kappa shape index (κ3) is 8.30. The van der Waals surface area contributed by atoms with Gasteiger partial charge in [-0.25, -0.2) is 4.79 Å². The molecule has 3 N–H and O–H groups in total. The van der Waals surface area contributed by atoms with E-state index < -0.39 is 12.1 Å². The summed E-state index contributed by atoms with van der Waals surface area (Å²) in [6.45, 7) is 2.50. The lowest BCUT2D eigenvalue weighted by Gasteiger charge is -2.22. The number of carbonyl (C=O) groups is 2. The molecule has 0 saturated heterocycles. The van der Waals surface area contributed by atoms with Gasteiger partial charge in [-0.15, -0.1) is 0 Å². The van der Waals surface area contributed by atoms with Crippen LogP contribution in [0.2, 0.25) is 0 Å². The van der Waals surface area contributed by atoms with Crippen LogP contribution in [0.3, 0.4) is 0 Å². The lowest BCUT2D eigenvalue weighted by atomic mass is 9.96. The number of nitrogens with one attached hydrogen (secondary N) is 2. The highest BCUT2D eigenvalue weighted by Gasteiger charge is 2.17. The number of hydrogen-bond donors (Lipinski definition) is 3. The van der Waals surface area contributed by atoms with Crippen molar-refractivity contribution in [2.24, 2.45) is 0 Å². The number of aliphatic carboxylic acids is 1. The number of carboxylic acid groups (broad SMARTS) is 1. The first kappa shape index (κ1) is 27.1. The third-order valence-electron chi connectivity index (χ3n) is 6.78. The molecule has 0 spiro atoms. The number of aromatic nitrogens is 1. The van der Waals surface area contributed by atoms with Gasteiger partial charge in [0.1, 0.15) is 18.1 Å². The van der Waals surface area contributed by atoms with E-state index in [9.17, 15) is 9.59 Å². The predicted octanol–water partition coefficient (Wildman–Crippen LogP) is 6.31. The zero-order valence-electron chi connectivity index (χ0n) is 21.8. The first-order valence-corrected chi connectivity index (χ1v) is 13.3. The number of carbonyl (C=O) groups excluding carboxylic acids is 1. The molecule has 0 bridgehead atoms. The number of amides is 1. The van der Waals surface area contributed by atoms with E-state index in [2.05, 4.69) is 10.3 Å². The van der Waals surface area contributed by atoms with E-state index in [0.29, 0.717) is 31.1 Å². The molecular weight excluding hydrogens is 484 g/mol. The SMILES string of the molecule is Cc1[nH]c(Oc2ccccc2)cc1CCOc1ccc(CCC(=O)O)c(COC(=O)NC2CCCCC2)c1. The van der Waals surface area contributed by atoms with E-state index in [1.807, 2.05) is 61.5 Å². The van der Waals surface area contributed by atoms with Gasteiger partial charge in [0.2, 0.25) is 0 Å². The minimum absolute atomic E-state index is 0.00161. The molecule has 2 aromatic carbocycles. The van der Waals surface area contributed by atoms with Crippen molar-refractivity contribution in [3.8, 4) is 17.4 Å². The fraction of sp³-hybridized carbons (Fsp3) is 0.400. The van der Waals surface area contributed by atoms with Gasteiger partial charge in [0.05, 0.1) is 6.61 Å². The predicted molar refractivity (Wildman–Crippen MR) is 144 cm³/mol. The molecule has 4 rings (SSSR count). The minimum atomic E-state index is -0.871. The Morgan fingerprint density at radius 1 is 0.947 bits per heavy atom. The maximum absolute atomic E-state index is 12.4. The number of hydrogen-bond acceptors (Lipinski definition) is 5. The molecule has 0 aliphatic heterocycles. The number of rotatable bonds is 12. The minimum Gasteiger partial charge on any atom is -0.493 e. The Labute approximate surface area is 223 Å². The fourth-order valence-corrected chi connectivity index (χ4v) is 4.69. The van der Waals surface area contributed by atoms with Crippen LogP contribution >= 0.6 is 0 Å². The summed E-state index contributed by atoms with van der Waals surface area (Å²) in [5.74, 6) is 1.22. The first-order valence-electron chi connectivity index (χ1n) is 13.3. The highest BCUT2D eigenvalue weighted by atomic mass is 16.5. The molecule has 1 fully saturated rings. The molecule has 8 nitrogen and oxygen atoms in total. The van der Waals surface area contributed by atoms with Crippen LogP contribution in [-0.2, 0) is 29.0 Å². The van der Waals surface area contributed by atoms with Gasteiger partial charge in [-0.2, -0.15) is 0 Å². The molecule has 0 atom stereocenters. The second kappa shape index (κ2) is 13.6. The van der Waals surface area contributed by atoms with E-state index in [-0.39, 0.29) is 19.1 Å². The zero-order valence-corrected chi connectivity index (χ0v) is 21.8. The van der Waals surface area contributed by atoms with Crippen molar-refractivity contribution in [3.05, 3.63) is 77.0 Å². The molecule has 8 heteroatoms. The van der Waals surface area contributed by atoms with Crippen LogP contribution in [0.4, 0.5) is 4.79 Å². The van der Waals surface area contributed by atoms with Crippen LogP contribution in [0, 0.1) is 6.92 Å². The van der Waals surface area contributed by atoms with Crippen LogP contribution in [0.25, 0.3) is 0 Å². The summed E-state index contributed by atoms with van der Waals surface area (Å²) in [4.78, 5) is 26.7. The average molecular weight is 521 g/mol. The van der Waals surface area contributed by atoms with Crippen LogP contribution in [-0.4, -0.2) is 34.8 Å². The van der Waals surface area contributed by atoms with Crippen molar-refractivity contribution in [3.63, 3.8) is 0 Å². The molecule has 1 aromatic heterocycles. The van der Waals surface area contributed by atoms with Gasteiger partial charge in [0, 0.05) is 30.6 Å². The Kier molecular flexibility index (Phi) is 9.67. The Hall–Kier alpha value is -3.94. The highest BCUT2D eigenvalue weighted by molar-refractivity contribution is 5.68.